The van der Waals surface area contributed by atoms with Crippen molar-refractivity contribution in [3.05, 3.63) is 49.1 Å². The fraction of sp³-hybridized carbons (Fsp3) is 0.520. The van der Waals surface area contributed by atoms with Crippen LogP contribution in [0, 0.1) is 0 Å². The summed E-state index contributed by atoms with van der Waals surface area (Å²) < 4.78 is 14.8. The molecule has 39 heavy (non-hydrogen) atoms. The van der Waals surface area contributed by atoms with Crippen LogP contribution < -0.4 is 15.3 Å². The first kappa shape index (κ1) is 32.7. The third-order valence-electron chi connectivity index (χ3n) is 4.23. The summed E-state index contributed by atoms with van der Waals surface area (Å²) in [5, 5.41) is 17.0. The Hall–Kier alpha value is -4.36. The number of esters is 2. The highest BCUT2D eigenvalue weighted by Crippen LogP contribution is 2.08. The van der Waals surface area contributed by atoms with Crippen LogP contribution in [0.1, 0.15) is 52.9 Å². The number of hydrogen-bond acceptors (Lipinski definition) is 9. The standard InChI is InChI=1S/C13H20N4O3.C12H18N4O3/c1-6-11(18)14-7-10-8-17(15-16(10)5)9-12(19)20-13(2,3)4;1-5-10(17)13-6-9-7-16(15-14-9)8-11(18)19-12(2,3)4/h6,8H,1,7,9H2,2-5H3;5,7H,1,6,8H2,2-4H3,(H,13,17)/p+1. The van der Waals surface area contributed by atoms with Crippen LogP contribution in [-0.2, 0) is 61.9 Å². The van der Waals surface area contributed by atoms with Crippen molar-refractivity contribution in [1.82, 2.24) is 35.5 Å². The minimum Gasteiger partial charge on any atom is -0.459 e. The predicted octanol–water partition coefficient (Wildman–Crippen LogP) is 0.274. The van der Waals surface area contributed by atoms with Crippen LogP contribution in [0.15, 0.2) is 37.7 Å². The van der Waals surface area contributed by atoms with Crippen molar-refractivity contribution in [2.45, 2.75) is 78.9 Å². The van der Waals surface area contributed by atoms with Crippen LogP contribution in [0.2, 0.25) is 0 Å². The molecule has 0 aliphatic rings. The van der Waals surface area contributed by atoms with Gasteiger partial charge in [0.1, 0.15) is 30.5 Å². The van der Waals surface area contributed by atoms with Gasteiger partial charge in [0.2, 0.25) is 18.4 Å². The summed E-state index contributed by atoms with van der Waals surface area (Å²) in [6.45, 7) is 18.1. The van der Waals surface area contributed by atoms with E-state index in [-0.39, 0.29) is 43.4 Å². The molecule has 2 amide bonds. The van der Waals surface area contributed by atoms with Crippen molar-refractivity contribution in [2.75, 3.05) is 0 Å². The van der Waals surface area contributed by atoms with E-state index < -0.39 is 11.2 Å². The maximum Gasteiger partial charge on any atom is 0.351 e. The number of nitrogens with zero attached hydrogens (tertiary/aromatic N) is 6. The molecule has 0 atom stereocenters. The van der Waals surface area contributed by atoms with Crippen molar-refractivity contribution in [3.8, 4) is 0 Å². The number of aromatic nitrogens is 6. The van der Waals surface area contributed by atoms with Gasteiger partial charge < -0.3 is 20.1 Å². The van der Waals surface area contributed by atoms with Crippen LogP contribution in [0.5, 0.6) is 0 Å². The quantitative estimate of drug-likeness (QED) is 0.241. The monoisotopic (exact) mass is 547 g/mol. The van der Waals surface area contributed by atoms with Gasteiger partial charge in [-0.2, -0.15) is 0 Å². The summed E-state index contributed by atoms with van der Waals surface area (Å²) in [4.78, 5) is 45.3. The van der Waals surface area contributed by atoms with E-state index in [0.717, 1.165) is 5.69 Å². The molecule has 2 N–H and O–H groups in total. The molecule has 2 aromatic heterocycles. The maximum absolute atomic E-state index is 11.7. The van der Waals surface area contributed by atoms with Gasteiger partial charge in [-0.05, 0) is 53.7 Å². The molecule has 14 nitrogen and oxygen atoms in total. The van der Waals surface area contributed by atoms with E-state index in [0.29, 0.717) is 12.2 Å². The van der Waals surface area contributed by atoms with Gasteiger partial charge in [0.05, 0.1) is 24.5 Å². The topological polar surface area (TPSA) is 163 Å². The van der Waals surface area contributed by atoms with Crippen molar-refractivity contribution in [1.29, 1.82) is 0 Å². The fourth-order valence-corrected chi connectivity index (χ4v) is 2.76. The van der Waals surface area contributed by atoms with E-state index in [4.69, 9.17) is 9.47 Å². The molecule has 0 aliphatic carbocycles. The predicted molar refractivity (Wildman–Crippen MR) is 139 cm³/mol. The molecule has 2 heterocycles. The Morgan fingerprint density at radius 1 is 0.949 bits per heavy atom. The Kier molecular flexibility index (Phi) is 12.2. The number of rotatable bonds is 10. The van der Waals surface area contributed by atoms with E-state index in [1.54, 1.807) is 44.9 Å². The zero-order valence-electron chi connectivity index (χ0n) is 23.7. The zero-order chi connectivity index (χ0) is 29.8. The largest absolute Gasteiger partial charge is 0.459 e. The molecular weight excluding hydrogens is 508 g/mol. The molecule has 0 fully saturated rings. The molecule has 0 unspecified atom stereocenters. The Morgan fingerprint density at radius 2 is 1.49 bits per heavy atom. The molecule has 0 saturated carbocycles. The van der Waals surface area contributed by atoms with Gasteiger partial charge in [0, 0.05) is 0 Å². The molecule has 0 radical (unpaired) electrons. The smallest absolute Gasteiger partial charge is 0.351 e. The van der Waals surface area contributed by atoms with Crippen LogP contribution in [0.4, 0.5) is 0 Å². The molecule has 2 aromatic rings. The molecule has 214 valence electrons. The van der Waals surface area contributed by atoms with Crippen LogP contribution in [0.3, 0.4) is 0 Å². The lowest BCUT2D eigenvalue weighted by Crippen LogP contribution is -2.42. The van der Waals surface area contributed by atoms with E-state index in [1.165, 1.54) is 21.5 Å². The van der Waals surface area contributed by atoms with Gasteiger partial charge in [-0.15, -0.1) is 14.5 Å². The summed E-state index contributed by atoms with van der Waals surface area (Å²) in [7, 11) is 1.74. The lowest BCUT2D eigenvalue weighted by Gasteiger charge is -2.19. The molecule has 0 spiro atoms. The first-order valence-electron chi connectivity index (χ1n) is 12.1. The van der Waals surface area contributed by atoms with Gasteiger partial charge in [0.25, 0.3) is 0 Å². The molecular formula is C25H39N8O6+. The zero-order valence-corrected chi connectivity index (χ0v) is 23.7. The molecule has 0 aromatic carbocycles. The first-order chi connectivity index (χ1) is 18.0. The van der Waals surface area contributed by atoms with Gasteiger partial charge in [-0.1, -0.05) is 18.4 Å². The van der Waals surface area contributed by atoms with E-state index >= 15 is 0 Å². The number of carbonyl (C=O) groups is 4. The molecule has 0 bridgehead atoms. The maximum atomic E-state index is 11.7. The van der Waals surface area contributed by atoms with Gasteiger partial charge in [-0.25, -0.2) is 9.48 Å². The van der Waals surface area contributed by atoms with Crippen LogP contribution in [0.25, 0.3) is 0 Å². The fourth-order valence-electron chi connectivity index (χ4n) is 2.76. The normalized spacial score (nSPS) is 10.9. The molecule has 2 rings (SSSR count). The lowest BCUT2D eigenvalue weighted by molar-refractivity contribution is -0.745. The van der Waals surface area contributed by atoms with E-state index in [1.807, 2.05) is 20.8 Å². The minimum atomic E-state index is -0.529. The summed E-state index contributed by atoms with van der Waals surface area (Å²) in [6, 6.07) is 0. The number of carbonyl (C=O) groups excluding carboxylic acids is 4. The Balaban J connectivity index is 0.000000391. The Labute approximate surface area is 228 Å². The molecule has 0 saturated heterocycles. The van der Waals surface area contributed by atoms with Crippen LogP contribution in [-0.4, -0.2) is 59.8 Å². The van der Waals surface area contributed by atoms with E-state index in [2.05, 4.69) is 39.3 Å². The van der Waals surface area contributed by atoms with Gasteiger partial charge in [0.15, 0.2) is 11.9 Å². The highest BCUT2D eigenvalue weighted by Gasteiger charge is 2.21. The highest BCUT2D eigenvalue weighted by molar-refractivity contribution is 5.87. The van der Waals surface area contributed by atoms with Crippen LogP contribution >= 0.6 is 0 Å². The summed E-state index contributed by atoms with van der Waals surface area (Å²) in [5.74, 6) is -1.30. The SMILES string of the molecule is C=CC(=O)NCc1c[n+](CC(=O)OC(C)(C)C)nn1C.C=CC(=O)NCc1cn(CC(=O)OC(C)(C)C)nn1. The average molecular weight is 548 g/mol. The van der Waals surface area contributed by atoms with Gasteiger partial charge >= 0.3 is 11.9 Å². The van der Waals surface area contributed by atoms with Gasteiger partial charge in [-0.3, -0.25) is 14.4 Å². The number of hydrogen-bond donors (Lipinski definition) is 2. The Bertz CT molecular complexity index is 1170. The average Bonchev–Trinajstić information content (AvgIpc) is 3.38. The summed E-state index contributed by atoms with van der Waals surface area (Å²) >= 11 is 0. The minimum absolute atomic E-state index is 0.0142. The first-order valence-corrected chi connectivity index (χ1v) is 12.1. The third kappa shape index (κ3) is 14.2. The van der Waals surface area contributed by atoms with Crippen molar-refractivity contribution in [2.24, 2.45) is 7.05 Å². The number of nitrogens with one attached hydrogen (secondary N) is 2. The van der Waals surface area contributed by atoms with Crippen molar-refractivity contribution < 1.29 is 33.3 Å². The summed E-state index contributed by atoms with van der Waals surface area (Å²) in [5.41, 5.74) is 0.272. The lowest BCUT2D eigenvalue weighted by atomic mass is 10.2. The third-order valence-corrected chi connectivity index (χ3v) is 4.23. The summed E-state index contributed by atoms with van der Waals surface area (Å²) in [6.07, 6.45) is 5.64. The second-order valence-electron chi connectivity index (χ2n) is 10.3. The van der Waals surface area contributed by atoms with Crippen molar-refractivity contribution in [3.63, 3.8) is 0 Å². The highest BCUT2D eigenvalue weighted by atomic mass is 16.6. The second kappa shape index (κ2) is 14.5. The molecule has 0 aliphatic heterocycles. The number of ether oxygens (including phenoxy) is 2. The van der Waals surface area contributed by atoms with Crippen molar-refractivity contribution >= 4 is 23.8 Å². The second-order valence-corrected chi connectivity index (χ2v) is 10.3. The Morgan fingerprint density at radius 3 is 2.03 bits per heavy atom. The number of amides is 2. The number of aryl methyl sites for hydroxylation is 1. The molecule has 14 heteroatoms. The van der Waals surface area contributed by atoms with E-state index in [9.17, 15) is 19.2 Å².